The minimum atomic E-state index is 0.476. The number of hydrogen-bond acceptors (Lipinski definition) is 6. The Morgan fingerprint density at radius 2 is 2.19 bits per heavy atom. The van der Waals surface area contributed by atoms with E-state index in [1.807, 2.05) is 13.8 Å². The Kier molecular flexibility index (Phi) is 6.52. The van der Waals surface area contributed by atoms with E-state index in [1.54, 1.807) is 0 Å². The lowest BCUT2D eigenvalue weighted by Crippen LogP contribution is -2.11. The minimum Gasteiger partial charge on any atom is -0.407 e. The molecule has 6 heteroatoms. The quantitative estimate of drug-likeness (QED) is 0.615. The van der Waals surface area contributed by atoms with Gasteiger partial charge in [0.25, 0.3) is 0 Å². The van der Waals surface area contributed by atoms with Gasteiger partial charge in [0.1, 0.15) is 0 Å². The molecule has 0 saturated heterocycles. The normalized spacial score (nSPS) is 10.6. The van der Waals surface area contributed by atoms with Gasteiger partial charge in [-0.2, -0.15) is 0 Å². The van der Waals surface area contributed by atoms with Crippen molar-refractivity contribution in [3.63, 3.8) is 0 Å². The monoisotopic (exact) mass is 228 g/mol. The van der Waals surface area contributed by atoms with Gasteiger partial charge in [0.2, 0.25) is 5.89 Å². The first-order valence-corrected chi connectivity index (χ1v) is 5.71. The molecular weight excluding hydrogens is 208 g/mol. The third-order valence-electron chi connectivity index (χ3n) is 1.94. The molecule has 0 aliphatic carbocycles. The van der Waals surface area contributed by atoms with Crippen LogP contribution in [0.25, 0.3) is 0 Å². The Labute approximate surface area is 95.8 Å². The highest BCUT2D eigenvalue weighted by Crippen LogP contribution is 2.04. The summed E-state index contributed by atoms with van der Waals surface area (Å²) in [5, 5.41) is 13.9. The first-order chi connectivity index (χ1) is 7.86. The van der Waals surface area contributed by atoms with Crippen molar-refractivity contribution in [3.8, 4) is 0 Å². The van der Waals surface area contributed by atoms with Gasteiger partial charge >= 0.3 is 6.01 Å². The number of nitrogens with zero attached hydrogens (tertiary/aromatic N) is 2. The van der Waals surface area contributed by atoms with Crippen molar-refractivity contribution in [2.45, 2.75) is 26.8 Å². The second kappa shape index (κ2) is 8.06. The Hall–Kier alpha value is -1.14. The number of nitrogens with one attached hydrogen (secondary N) is 2. The molecule has 0 aliphatic heterocycles. The van der Waals surface area contributed by atoms with E-state index < -0.39 is 0 Å². The molecule has 0 radical (unpaired) electrons. The molecule has 0 aromatic carbocycles. The lowest BCUT2D eigenvalue weighted by Gasteiger charge is -2.01. The second-order valence-electron chi connectivity index (χ2n) is 3.26. The highest BCUT2D eigenvalue weighted by atomic mass is 16.5. The molecule has 0 bridgehead atoms. The molecule has 6 nitrogen and oxygen atoms in total. The third-order valence-corrected chi connectivity index (χ3v) is 1.94. The fourth-order valence-corrected chi connectivity index (χ4v) is 1.14. The molecule has 2 N–H and O–H groups in total. The smallest absolute Gasteiger partial charge is 0.315 e. The summed E-state index contributed by atoms with van der Waals surface area (Å²) in [6.45, 7) is 7.81. The van der Waals surface area contributed by atoms with E-state index in [1.165, 1.54) is 0 Å². The maximum atomic E-state index is 5.36. The lowest BCUT2D eigenvalue weighted by molar-refractivity contribution is 0.147. The van der Waals surface area contributed by atoms with Crippen LogP contribution in [0.15, 0.2) is 4.42 Å². The second-order valence-corrected chi connectivity index (χ2v) is 3.26. The van der Waals surface area contributed by atoms with Gasteiger partial charge in [-0.05, 0) is 19.9 Å². The van der Waals surface area contributed by atoms with E-state index in [0.717, 1.165) is 32.7 Å². The van der Waals surface area contributed by atoms with Gasteiger partial charge in [-0.3, -0.25) is 0 Å². The van der Waals surface area contributed by atoms with Gasteiger partial charge in [-0.15, -0.1) is 5.10 Å². The average molecular weight is 228 g/mol. The van der Waals surface area contributed by atoms with Crippen LogP contribution in [0.2, 0.25) is 0 Å². The number of aromatic nitrogens is 2. The SMILES string of the molecule is CCNCc1nnc(NCCCOCC)o1. The van der Waals surface area contributed by atoms with E-state index in [0.29, 0.717) is 18.5 Å². The standard InChI is InChI=1S/C10H20N4O2/c1-3-11-8-9-13-14-10(16-9)12-6-5-7-15-4-2/h11H,3-8H2,1-2H3,(H,12,14). The molecule has 0 unspecified atom stereocenters. The molecule has 16 heavy (non-hydrogen) atoms. The van der Waals surface area contributed by atoms with Gasteiger partial charge in [-0.1, -0.05) is 12.0 Å². The van der Waals surface area contributed by atoms with Gasteiger partial charge < -0.3 is 19.8 Å². The van der Waals surface area contributed by atoms with Gasteiger partial charge in [0, 0.05) is 19.8 Å². The van der Waals surface area contributed by atoms with Crippen molar-refractivity contribution in [1.29, 1.82) is 0 Å². The van der Waals surface area contributed by atoms with Gasteiger partial charge in [-0.25, -0.2) is 0 Å². The van der Waals surface area contributed by atoms with Crippen LogP contribution in [0.5, 0.6) is 0 Å². The van der Waals surface area contributed by atoms with E-state index in [9.17, 15) is 0 Å². The predicted octanol–water partition coefficient (Wildman–Crippen LogP) is 1.02. The summed E-state index contributed by atoms with van der Waals surface area (Å²) in [5.74, 6) is 0.606. The first kappa shape index (κ1) is 12.9. The minimum absolute atomic E-state index is 0.476. The Morgan fingerprint density at radius 1 is 1.31 bits per heavy atom. The Bertz CT molecular complexity index is 278. The van der Waals surface area contributed by atoms with E-state index in [4.69, 9.17) is 9.15 Å². The molecular formula is C10H20N4O2. The molecule has 0 spiro atoms. The molecule has 0 saturated carbocycles. The topological polar surface area (TPSA) is 72.2 Å². The summed E-state index contributed by atoms with van der Waals surface area (Å²) in [6.07, 6.45) is 0.929. The number of rotatable bonds is 9. The van der Waals surface area contributed by atoms with Crippen LogP contribution in [0, 0.1) is 0 Å². The molecule has 0 amide bonds. The van der Waals surface area contributed by atoms with E-state index in [-0.39, 0.29) is 0 Å². The van der Waals surface area contributed by atoms with Crippen LogP contribution in [0.1, 0.15) is 26.2 Å². The van der Waals surface area contributed by atoms with Crippen LogP contribution in [-0.4, -0.2) is 36.5 Å². The Morgan fingerprint density at radius 3 is 2.94 bits per heavy atom. The predicted molar refractivity (Wildman–Crippen MR) is 61.3 cm³/mol. The maximum absolute atomic E-state index is 5.36. The number of hydrogen-bond donors (Lipinski definition) is 2. The van der Waals surface area contributed by atoms with Crippen molar-refractivity contribution in [2.24, 2.45) is 0 Å². The largest absolute Gasteiger partial charge is 0.407 e. The number of ether oxygens (including phenoxy) is 1. The zero-order chi connectivity index (χ0) is 11.6. The summed E-state index contributed by atoms with van der Waals surface area (Å²) in [5.41, 5.74) is 0. The molecule has 1 aromatic rings. The van der Waals surface area contributed by atoms with Crippen molar-refractivity contribution in [1.82, 2.24) is 15.5 Å². The van der Waals surface area contributed by atoms with Crippen LogP contribution < -0.4 is 10.6 Å². The van der Waals surface area contributed by atoms with Crippen molar-refractivity contribution < 1.29 is 9.15 Å². The zero-order valence-corrected chi connectivity index (χ0v) is 9.95. The van der Waals surface area contributed by atoms with Gasteiger partial charge in [0.05, 0.1) is 6.54 Å². The first-order valence-electron chi connectivity index (χ1n) is 5.71. The summed E-state index contributed by atoms with van der Waals surface area (Å²) in [7, 11) is 0. The zero-order valence-electron chi connectivity index (χ0n) is 9.95. The van der Waals surface area contributed by atoms with Crippen LogP contribution in [0.4, 0.5) is 6.01 Å². The molecule has 1 rings (SSSR count). The summed E-state index contributed by atoms with van der Waals surface area (Å²) in [4.78, 5) is 0. The van der Waals surface area contributed by atoms with Crippen LogP contribution in [0.3, 0.4) is 0 Å². The highest BCUT2D eigenvalue weighted by Gasteiger charge is 2.03. The molecule has 1 heterocycles. The van der Waals surface area contributed by atoms with Crippen molar-refractivity contribution in [3.05, 3.63) is 5.89 Å². The average Bonchev–Trinajstić information content (AvgIpc) is 2.74. The summed E-state index contributed by atoms with van der Waals surface area (Å²) < 4.78 is 10.6. The Balaban J connectivity index is 2.14. The fourth-order valence-electron chi connectivity index (χ4n) is 1.14. The van der Waals surface area contributed by atoms with Crippen LogP contribution >= 0.6 is 0 Å². The summed E-state index contributed by atoms with van der Waals surface area (Å²) >= 11 is 0. The van der Waals surface area contributed by atoms with E-state index in [2.05, 4.69) is 20.8 Å². The molecule has 0 fully saturated rings. The fraction of sp³-hybridized carbons (Fsp3) is 0.800. The van der Waals surface area contributed by atoms with Crippen molar-refractivity contribution in [2.75, 3.05) is 31.6 Å². The van der Waals surface area contributed by atoms with E-state index >= 15 is 0 Å². The maximum Gasteiger partial charge on any atom is 0.315 e. The van der Waals surface area contributed by atoms with Gasteiger partial charge in [0.15, 0.2) is 0 Å². The molecule has 92 valence electrons. The molecule has 0 atom stereocenters. The lowest BCUT2D eigenvalue weighted by atomic mass is 10.4. The molecule has 0 aliphatic rings. The molecule has 1 aromatic heterocycles. The third kappa shape index (κ3) is 5.09. The highest BCUT2D eigenvalue weighted by molar-refractivity contribution is 5.16. The van der Waals surface area contributed by atoms with Crippen molar-refractivity contribution >= 4 is 6.01 Å². The summed E-state index contributed by atoms with van der Waals surface area (Å²) in [6, 6.07) is 0.476. The number of anilines is 1. The van der Waals surface area contributed by atoms with Crippen LogP contribution in [-0.2, 0) is 11.3 Å².